The highest BCUT2D eigenvalue weighted by Gasteiger charge is 2.16. The van der Waals surface area contributed by atoms with Crippen LogP contribution in [0.1, 0.15) is 18.3 Å². The summed E-state index contributed by atoms with van der Waals surface area (Å²) >= 11 is 2.79. The second kappa shape index (κ2) is 9.45. The van der Waals surface area contributed by atoms with Gasteiger partial charge in [-0.05, 0) is 18.6 Å². The summed E-state index contributed by atoms with van der Waals surface area (Å²) in [5.74, 6) is 0.374. The quantitative estimate of drug-likeness (QED) is 0.424. The van der Waals surface area contributed by atoms with Crippen LogP contribution in [-0.4, -0.2) is 21.1 Å². The van der Waals surface area contributed by atoms with Gasteiger partial charge < -0.3 is 10.3 Å². The first-order valence-electron chi connectivity index (χ1n) is 9.71. The van der Waals surface area contributed by atoms with Crippen molar-refractivity contribution < 1.29 is 9.18 Å². The minimum absolute atomic E-state index is 0.134. The topological polar surface area (TPSA) is 74.8 Å². The van der Waals surface area contributed by atoms with E-state index in [-0.39, 0.29) is 29.1 Å². The summed E-state index contributed by atoms with van der Waals surface area (Å²) in [4.78, 5) is 33.2. The molecule has 2 aromatic heterocycles. The monoisotopic (exact) mass is 453 g/mol. The van der Waals surface area contributed by atoms with Crippen LogP contribution in [0.15, 0.2) is 64.8 Å². The van der Waals surface area contributed by atoms with E-state index < -0.39 is 0 Å². The number of carbonyl (C=O) groups excluding carboxylic acids is 1. The summed E-state index contributed by atoms with van der Waals surface area (Å²) in [6.07, 6.45) is 0. The second-order valence-electron chi connectivity index (χ2n) is 6.97. The van der Waals surface area contributed by atoms with Crippen molar-refractivity contribution in [3.8, 4) is 11.1 Å². The maximum absolute atomic E-state index is 13.7. The molecule has 0 fully saturated rings. The van der Waals surface area contributed by atoms with Gasteiger partial charge in [-0.2, -0.15) is 0 Å². The average Bonchev–Trinajstić information content (AvgIpc) is 3.22. The standard InChI is InChI=1S/C23H20FN3O2S2/c1-14(21(28)25-11-16-9-5-6-10-18(16)24)30-13-19-26-22(29)20-17(12-31-23(20)27-19)15-7-3-2-4-8-15/h2-10,12,14H,11,13H2,1H3,(H,25,28)(H,26,27,29). The van der Waals surface area contributed by atoms with Gasteiger partial charge in [-0.15, -0.1) is 23.1 Å². The van der Waals surface area contributed by atoms with E-state index in [9.17, 15) is 14.0 Å². The van der Waals surface area contributed by atoms with Crippen molar-refractivity contribution in [3.63, 3.8) is 0 Å². The summed E-state index contributed by atoms with van der Waals surface area (Å²) < 4.78 is 13.7. The molecular formula is C23H20FN3O2S2. The molecule has 5 nitrogen and oxygen atoms in total. The van der Waals surface area contributed by atoms with Gasteiger partial charge in [0.15, 0.2) is 0 Å². The van der Waals surface area contributed by atoms with Crippen molar-refractivity contribution in [3.05, 3.63) is 87.5 Å². The molecule has 0 aliphatic rings. The smallest absolute Gasteiger partial charge is 0.260 e. The van der Waals surface area contributed by atoms with Gasteiger partial charge in [0, 0.05) is 23.1 Å². The second-order valence-corrected chi connectivity index (χ2v) is 9.16. The van der Waals surface area contributed by atoms with Crippen molar-refractivity contribution in [2.75, 3.05) is 0 Å². The number of benzene rings is 2. The van der Waals surface area contributed by atoms with Crippen LogP contribution < -0.4 is 10.9 Å². The Hall–Kier alpha value is -2.97. The Kier molecular flexibility index (Phi) is 6.48. The Labute approximate surface area is 186 Å². The van der Waals surface area contributed by atoms with Crippen LogP contribution in [0.5, 0.6) is 0 Å². The van der Waals surface area contributed by atoms with Crippen molar-refractivity contribution in [1.29, 1.82) is 0 Å². The van der Waals surface area contributed by atoms with E-state index in [1.165, 1.54) is 29.2 Å². The van der Waals surface area contributed by atoms with E-state index >= 15 is 0 Å². The Morgan fingerprint density at radius 3 is 2.71 bits per heavy atom. The fourth-order valence-electron chi connectivity index (χ4n) is 3.14. The van der Waals surface area contributed by atoms with Crippen LogP contribution in [0.3, 0.4) is 0 Å². The molecule has 8 heteroatoms. The number of rotatable bonds is 7. The van der Waals surface area contributed by atoms with Gasteiger partial charge in [-0.25, -0.2) is 9.37 Å². The minimum atomic E-state index is -0.379. The lowest BCUT2D eigenvalue weighted by Gasteiger charge is -2.12. The number of hydrogen-bond acceptors (Lipinski definition) is 5. The molecule has 0 spiro atoms. The number of nitrogens with one attached hydrogen (secondary N) is 2. The third-order valence-corrected chi connectivity index (χ3v) is 6.85. The summed E-state index contributed by atoms with van der Waals surface area (Å²) in [6, 6.07) is 16.1. The van der Waals surface area contributed by atoms with E-state index in [0.29, 0.717) is 27.4 Å². The molecule has 158 valence electrons. The van der Waals surface area contributed by atoms with E-state index in [0.717, 1.165) is 11.1 Å². The van der Waals surface area contributed by atoms with Gasteiger partial charge in [0.2, 0.25) is 5.91 Å². The first kappa shape index (κ1) is 21.3. The van der Waals surface area contributed by atoms with Crippen LogP contribution in [0, 0.1) is 5.82 Å². The number of aromatic nitrogens is 2. The molecule has 2 heterocycles. The molecule has 2 N–H and O–H groups in total. The Balaban J connectivity index is 1.41. The Morgan fingerprint density at radius 1 is 1.19 bits per heavy atom. The van der Waals surface area contributed by atoms with Crippen LogP contribution >= 0.6 is 23.1 Å². The SMILES string of the molecule is CC(SCc1nc2scc(-c3ccccc3)c2c(=O)[nH]1)C(=O)NCc1ccccc1F. The summed E-state index contributed by atoms with van der Waals surface area (Å²) in [7, 11) is 0. The molecule has 4 rings (SSSR count). The molecule has 1 atom stereocenters. The van der Waals surface area contributed by atoms with Gasteiger partial charge in [-0.1, -0.05) is 48.5 Å². The molecule has 2 aromatic carbocycles. The molecule has 1 unspecified atom stereocenters. The third kappa shape index (κ3) is 4.86. The van der Waals surface area contributed by atoms with E-state index in [2.05, 4.69) is 15.3 Å². The highest BCUT2D eigenvalue weighted by Crippen LogP contribution is 2.30. The number of H-pyrrole nitrogens is 1. The van der Waals surface area contributed by atoms with E-state index in [1.54, 1.807) is 25.1 Å². The predicted octanol–water partition coefficient (Wildman–Crippen LogP) is 4.73. The number of halogens is 1. The van der Waals surface area contributed by atoms with Crippen LogP contribution in [0.4, 0.5) is 4.39 Å². The van der Waals surface area contributed by atoms with Crippen LogP contribution in [-0.2, 0) is 17.1 Å². The van der Waals surface area contributed by atoms with Crippen molar-refractivity contribution in [1.82, 2.24) is 15.3 Å². The largest absolute Gasteiger partial charge is 0.351 e. The van der Waals surface area contributed by atoms with Crippen LogP contribution in [0.25, 0.3) is 21.3 Å². The normalized spacial score (nSPS) is 12.1. The number of thiophene rings is 1. The highest BCUT2D eigenvalue weighted by atomic mass is 32.2. The lowest BCUT2D eigenvalue weighted by molar-refractivity contribution is -0.120. The number of carbonyl (C=O) groups is 1. The fourth-order valence-corrected chi connectivity index (χ4v) is 4.89. The Morgan fingerprint density at radius 2 is 1.94 bits per heavy atom. The van der Waals surface area contributed by atoms with Crippen molar-refractivity contribution in [2.24, 2.45) is 0 Å². The number of fused-ring (bicyclic) bond motifs is 1. The lowest BCUT2D eigenvalue weighted by Crippen LogP contribution is -2.30. The minimum Gasteiger partial charge on any atom is -0.351 e. The van der Waals surface area contributed by atoms with Gasteiger partial charge in [0.25, 0.3) is 5.56 Å². The van der Waals surface area contributed by atoms with Gasteiger partial charge in [-0.3, -0.25) is 9.59 Å². The molecule has 0 radical (unpaired) electrons. The summed E-state index contributed by atoms with van der Waals surface area (Å²) in [5.41, 5.74) is 2.10. The summed E-state index contributed by atoms with van der Waals surface area (Å²) in [5, 5.41) is 4.90. The zero-order chi connectivity index (χ0) is 21.8. The zero-order valence-corrected chi connectivity index (χ0v) is 18.4. The Bertz CT molecular complexity index is 1270. The number of thioether (sulfide) groups is 1. The molecule has 0 aliphatic heterocycles. The molecule has 0 bridgehead atoms. The number of aromatic amines is 1. The maximum Gasteiger partial charge on any atom is 0.260 e. The molecule has 0 saturated carbocycles. The maximum atomic E-state index is 13.7. The predicted molar refractivity (Wildman–Crippen MR) is 125 cm³/mol. The molecule has 4 aromatic rings. The first-order chi connectivity index (χ1) is 15.0. The molecule has 31 heavy (non-hydrogen) atoms. The fraction of sp³-hybridized carbons (Fsp3) is 0.174. The average molecular weight is 454 g/mol. The van der Waals surface area contributed by atoms with E-state index in [4.69, 9.17) is 0 Å². The number of amides is 1. The van der Waals surface area contributed by atoms with Crippen molar-refractivity contribution >= 4 is 39.2 Å². The number of hydrogen-bond donors (Lipinski definition) is 2. The highest BCUT2D eigenvalue weighted by molar-refractivity contribution is 7.99. The summed E-state index contributed by atoms with van der Waals surface area (Å²) in [6.45, 7) is 1.91. The van der Waals surface area contributed by atoms with Gasteiger partial charge in [0.05, 0.1) is 16.4 Å². The zero-order valence-electron chi connectivity index (χ0n) is 16.7. The molecule has 0 saturated heterocycles. The van der Waals surface area contributed by atoms with Crippen molar-refractivity contribution in [2.45, 2.75) is 24.5 Å². The number of nitrogens with zero attached hydrogens (tertiary/aromatic N) is 1. The lowest BCUT2D eigenvalue weighted by atomic mass is 10.1. The molecule has 0 aliphatic carbocycles. The van der Waals surface area contributed by atoms with Gasteiger partial charge in [0.1, 0.15) is 16.5 Å². The van der Waals surface area contributed by atoms with Crippen LogP contribution in [0.2, 0.25) is 0 Å². The molecular weight excluding hydrogens is 433 g/mol. The van der Waals surface area contributed by atoms with Gasteiger partial charge >= 0.3 is 0 Å². The third-order valence-electron chi connectivity index (χ3n) is 4.83. The van der Waals surface area contributed by atoms with E-state index in [1.807, 2.05) is 35.7 Å². The first-order valence-corrected chi connectivity index (χ1v) is 11.6. The molecule has 1 amide bonds.